The predicted octanol–water partition coefficient (Wildman–Crippen LogP) is 2.96. The van der Waals surface area contributed by atoms with Crippen LogP contribution in [0, 0.1) is 13.8 Å². The quantitative estimate of drug-likeness (QED) is 0.859. The number of nitrogens with two attached hydrogens (primary N) is 1. The molecule has 3 nitrogen and oxygen atoms in total. The van der Waals surface area contributed by atoms with Gasteiger partial charge in [0.1, 0.15) is 11.6 Å². The molecule has 0 saturated heterocycles. The minimum Gasteiger partial charge on any atom is -0.496 e. The minimum atomic E-state index is 0.539. The van der Waals surface area contributed by atoms with E-state index in [2.05, 4.69) is 18.0 Å². The van der Waals surface area contributed by atoms with Crippen molar-refractivity contribution in [2.24, 2.45) is 0 Å². The number of aryl methyl sites for hydroxylation is 2. The van der Waals surface area contributed by atoms with Crippen molar-refractivity contribution < 1.29 is 4.74 Å². The van der Waals surface area contributed by atoms with Crippen LogP contribution in [0.5, 0.6) is 5.75 Å². The van der Waals surface area contributed by atoms with Crippen LogP contribution in [-0.2, 0) is 0 Å². The summed E-state index contributed by atoms with van der Waals surface area (Å²) in [5.74, 6) is 1.45. The third-order valence-corrected chi connectivity index (χ3v) is 2.84. The van der Waals surface area contributed by atoms with Crippen molar-refractivity contribution in [3.8, 4) is 16.9 Å². The summed E-state index contributed by atoms with van der Waals surface area (Å²) in [6.45, 7) is 4.10. The first kappa shape index (κ1) is 11.5. The third kappa shape index (κ3) is 2.23. The standard InChI is InChI=1S/C14H16N2O/c1-9-7-13(17-3)10(2)6-12(9)11-4-5-14(15)16-8-11/h4-8H,1-3H3,(H2,15,16). The highest BCUT2D eigenvalue weighted by atomic mass is 16.5. The largest absolute Gasteiger partial charge is 0.496 e. The molecule has 88 valence electrons. The molecule has 1 aromatic heterocycles. The lowest BCUT2D eigenvalue weighted by Crippen LogP contribution is -1.93. The van der Waals surface area contributed by atoms with Gasteiger partial charge in [0.05, 0.1) is 7.11 Å². The van der Waals surface area contributed by atoms with Gasteiger partial charge in [0, 0.05) is 11.8 Å². The van der Waals surface area contributed by atoms with Gasteiger partial charge < -0.3 is 10.5 Å². The first-order chi connectivity index (χ1) is 8.11. The van der Waals surface area contributed by atoms with E-state index >= 15 is 0 Å². The van der Waals surface area contributed by atoms with Crippen molar-refractivity contribution in [1.29, 1.82) is 0 Å². The molecule has 0 saturated carbocycles. The van der Waals surface area contributed by atoms with Gasteiger partial charge in [-0.15, -0.1) is 0 Å². The Hall–Kier alpha value is -2.03. The van der Waals surface area contributed by atoms with Crippen LogP contribution < -0.4 is 10.5 Å². The Morgan fingerprint density at radius 1 is 1.12 bits per heavy atom. The maximum Gasteiger partial charge on any atom is 0.123 e. The fourth-order valence-corrected chi connectivity index (χ4v) is 1.89. The van der Waals surface area contributed by atoms with Crippen molar-refractivity contribution in [1.82, 2.24) is 4.98 Å². The Morgan fingerprint density at radius 2 is 1.88 bits per heavy atom. The van der Waals surface area contributed by atoms with E-state index in [1.807, 2.05) is 25.1 Å². The zero-order valence-corrected chi connectivity index (χ0v) is 10.3. The van der Waals surface area contributed by atoms with E-state index in [1.165, 1.54) is 5.56 Å². The van der Waals surface area contributed by atoms with E-state index in [-0.39, 0.29) is 0 Å². The molecular formula is C14H16N2O. The van der Waals surface area contributed by atoms with E-state index in [0.29, 0.717) is 5.82 Å². The van der Waals surface area contributed by atoms with Gasteiger partial charge in [0.15, 0.2) is 0 Å². The lowest BCUT2D eigenvalue weighted by molar-refractivity contribution is 0.411. The SMILES string of the molecule is COc1cc(C)c(-c2ccc(N)nc2)cc1C. The molecule has 0 spiro atoms. The van der Waals surface area contributed by atoms with E-state index < -0.39 is 0 Å². The van der Waals surface area contributed by atoms with E-state index in [1.54, 1.807) is 13.3 Å². The Labute approximate surface area is 101 Å². The van der Waals surface area contributed by atoms with Crippen LogP contribution in [0.4, 0.5) is 5.82 Å². The van der Waals surface area contributed by atoms with Gasteiger partial charge in [-0.25, -0.2) is 4.98 Å². The van der Waals surface area contributed by atoms with Crippen LogP contribution in [0.25, 0.3) is 11.1 Å². The Kier molecular flexibility index (Phi) is 3.00. The van der Waals surface area contributed by atoms with E-state index in [4.69, 9.17) is 10.5 Å². The molecule has 2 N–H and O–H groups in total. The number of nitrogen functional groups attached to an aromatic ring is 1. The highest BCUT2D eigenvalue weighted by Crippen LogP contribution is 2.29. The molecule has 0 aliphatic heterocycles. The second-order valence-electron chi connectivity index (χ2n) is 4.11. The fraction of sp³-hybridized carbons (Fsp3) is 0.214. The van der Waals surface area contributed by atoms with Crippen LogP contribution in [0.3, 0.4) is 0 Å². The summed E-state index contributed by atoms with van der Waals surface area (Å²) < 4.78 is 5.30. The molecule has 0 aliphatic rings. The maximum atomic E-state index is 5.59. The summed E-state index contributed by atoms with van der Waals surface area (Å²) in [5, 5.41) is 0. The van der Waals surface area contributed by atoms with Gasteiger partial charge in [-0.1, -0.05) is 0 Å². The van der Waals surface area contributed by atoms with Crippen molar-refractivity contribution in [2.45, 2.75) is 13.8 Å². The monoisotopic (exact) mass is 228 g/mol. The molecule has 0 fully saturated rings. The molecule has 17 heavy (non-hydrogen) atoms. The number of aromatic nitrogens is 1. The van der Waals surface area contributed by atoms with Gasteiger partial charge in [0.2, 0.25) is 0 Å². The molecule has 0 aliphatic carbocycles. The summed E-state index contributed by atoms with van der Waals surface area (Å²) in [4.78, 5) is 4.12. The molecule has 0 bridgehead atoms. The predicted molar refractivity (Wildman–Crippen MR) is 70.1 cm³/mol. The zero-order chi connectivity index (χ0) is 12.4. The molecule has 0 atom stereocenters. The number of hydrogen-bond acceptors (Lipinski definition) is 3. The summed E-state index contributed by atoms with van der Waals surface area (Å²) in [5.41, 5.74) is 10.1. The first-order valence-electron chi connectivity index (χ1n) is 5.49. The molecule has 2 aromatic rings. The van der Waals surface area contributed by atoms with Gasteiger partial charge >= 0.3 is 0 Å². The molecule has 0 unspecified atom stereocenters. The number of anilines is 1. The Morgan fingerprint density at radius 3 is 2.47 bits per heavy atom. The lowest BCUT2D eigenvalue weighted by atomic mass is 9.99. The highest BCUT2D eigenvalue weighted by molar-refractivity contribution is 5.69. The normalized spacial score (nSPS) is 10.3. The van der Waals surface area contributed by atoms with Crippen molar-refractivity contribution in [2.75, 3.05) is 12.8 Å². The highest BCUT2D eigenvalue weighted by Gasteiger charge is 2.07. The van der Waals surface area contributed by atoms with Crippen LogP contribution in [-0.4, -0.2) is 12.1 Å². The smallest absolute Gasteiger partial charge is 0.123 e. The number of pyridine rings is 1. The summed E-state index contributed by atoms with van der Waals surface area (Å²) in [6, 6.07) is 7.95. The second kappa shape index (κ2) is 4.45. The molecular weight excluding hydrogens is 212 g/mol. The average molecular weight is 228 g/mol. The van der Waals surface area contributed by atoms with E-state index in [9.17, 15) is 0 Å². The lowest BCUT2D eigenvalue weighted by Gasteiger charge is -2.11. The molecule has 2 rings (SSSR count). The van der Waals surface area contributed by atoms with Crippen LogP contribution in [0.1, 0.15) is 11.1 Å². The van der Waals surface area contributed by atoms with Crippen molar-refractivity contribution in [3.05, 3.63) is 41.6 Å². The van der Waals surface area contributed by atoms with Crippen molar-refractivity contribution in [3.63, 3.8) is 0 Å². The minimum absolute atomic E-state index is 0.539. The van der Waals surface area contributed by atoms with Crippen LogP contribution in [0.2, 0.25) is 0 Å². The maximum absolute atomic E-state index is 5.59. The summed E-state index contributed by atoms with van der Waals surface area (Å²) in [6.07, 6.45) is 1.80. The second-order valence-corrected chi connectivity index (χ2v) is 4.11. The van der Waals surface area contributed by atoms with Crippen molar-refractivity contribution >= 4 is 5.82 Å². The molecule has 0 radical (unpaired) electrons. The van der Waals surface area contributed by atoms with E-state index in [0.717, 1.165) is 22.4 Å². The number of ether oxygens (including phenoxy) is 1. The topological polar surface area (TPSA) is 48.1 Å². The zero-order valence-electron chi connectivity index (χ0n) is 10.3. The number of benzene rings is 1. The number of hydrogen-bond donors (Lipinski definition) is 1. The van der Waals surface area contributed by atoms with Gasteiger partial charge in [-0.3, -0.25) is 0 Å². The Balaban J connectivity index is 2.52. The molecule has 1 heterocycles. The summed E-state index contributed by atoms with van der Waals surface area (Å²) in [7, 11) is 1.69. The number of nitrogens with zero attached hydrogens (tertiary/aromatic N) is 1. The summed E-state index contributed by atoms with van der Waals surface area (Å²) >= 11 is 0. The first-order valence-corrected chi connectivity index (χ1v) is 5.49. The molecule has 1 aromatic carbocycles. The third-order valence-electron chi connectivity index (χ3n) is 2.84. The van der Waals surface area contributed by atoms with Gasteiger partial charge in [-0.05, 0) is 54.8 Å². The Bertz CT molecular complexity index is 533. The average Bonchev–Trinajstić information content (AvgIpc) is 2.33. The fourth-order valence-electron chi connectivity index (χ4n) is 1.89. The number of methoxy groups -OCH3 is 1. The van der Waals surface area contributed by atoms with Gasteiger partial charge in [0.25, 0.3) is 0 Å². The van der Waals surface area contributed by atoms with Gasteiger partial charge in [-0.2, -0.15) is 0 Å². The molecule has 0 amide bonds. The molecule has 3 heteroatoms. The number of rotatable bonds is 2. The van der Waals surface area contributed by atoms with Crippen LogP contribution in [0.15, 0.2) is 30.5 Å². The van der Waals surface area contributed by atoms with Crippen LogP contribution >= 0.6 is 0 Å².